The van der Waals surface area contributed by atoms with E-state index in [0.29, 0.717) is 28.5 Å². The second-order valence-electron chi connectivity index (χ2n) is 8.59. The molecule has 1 amide bonds. The number of anilines is 1. The average molecular weight is 540 g/mol. The van der Waals surface area contributed by atoms with Crippen molar-refractivity contribution in [1.82, 2.24) is 14.8 Å². The van der Waals surface area contributed by atoms with E-state index in [4.69, 9.17) is 9.47 Å². The van der Waals surface area contributed by atoms with Crippen LogP contribution in [-0.2, 0) is 6.61 Å². The monoisotopic (exact) mass is 539 g/mol. The summed E-state index contributed by atoms with van der Waals surface area (Å²) in [5, 5.41) is 18.2. The quantitative estimate of drug-likeness (QED) is 0.185. The van der Waals surface area contributed by atoms with Crippen molar-refractivity contribution in [3.8, 4) is 28.8 Å². The Hall–Kier alpha value is -5.58. The first-order chi connectivity index (χ1) is 19.4. The molecular formula is C29H22FN5O5. The molecule has 40 heavy (non-hydrogen) atoms. The fourth-order valence-corrected chi connectivity index (χ4v) is 3.87. The second-order valence-corrected chi connectivity index (χ2v) is 8.59. The van der Waals surface area contributed by atoms with Gasteiger partial charge in [-0.3, -0.25) is 14.9 Å². The number of hydrogen-bond acceptors (Lipinski definition) is 7. The van der Waals surface area contributed by atoms with E-state index >= 15 is 0 Å². The number of hydrogen-bond donors (Lipinski definition) is 1. The summed E-state index contributed by atoms with van der Waals surface area (Å²) in [5.74, 6) is 0.325. The van der Waals surface area contributed by atoms with E-state index in [1.54, 1.807) is 48.2 Å². The molecule has 0 saturated carbocycles. The van der Waals surface area contributed by atoms with Crippen LogP contribution in [0.2, 0.25) is 0 Å². The molecular weight excluding hydrogens is 517 g/mol. The van der Waals surface area contributed by atoms with E-state index < -0.39 is 10.8 Å². The van der Waals surface area contributed by atoms with E-state index in [2.05, 4.69) is 15.4 Å². The van der Waals surface area contributed by atoms with Crippen LogP contribution in [0.4, 0.5) is 15.8 Å². The summed E-state index contributed by atoms with van der Waals surface area (Å²) < 4.78 is 26.0. The zero-order chi connectivity index (χ0) is 28.1. The Balaban J connectivity index is 1.44. The summed E-state index contributed by atoms with van der Waals surface area (Å²) in [6.45, 7) is 0.132. The number of ether oxygens (including phenoxy) is 2. The van der Waals surface area contributed by atoms with Crippen molar-refractivity contribution < 1.29 is 23.6 Å². The van der Waals surface area contributed by atoms with Crippen LogP contribution in [0, 0.1) is 15.9 Å². The van der Waals surface area contributed by atoms with Crippen LogP contribution >= 0.6 is 0 Å². The molecule has 10 nitrogen and oxygen atoms in total. The van der Waals surface area contributed by atoms with Crippen LogP contribution in [0.5, 0.6) is 11.8 Å². The molecule has 0 aliphatic heterocycles. The Labute approximate surface area is 227 Å². The molecule has 4 aromatic carbocycles. The number of non-ortho nitro benzene ring substituents is 1. The van der Waals surface area contributed by atoms with Gasteiger partial charge in [0, 0.05) is 28.9 Å². The van der Waals surface area contributed by atoms with Crippen LogP contribution in [-0.4, -0.2) is 32.7 Å². The number of aromatic nitrogens is 3. The van der Waals surface area contributed by atoms with Crippen LogP contribution in [0.1, 0.15) is 15.9 Å². The van der Waals surface area contributed by atoms with Gasteiger partial charge in [0.25, 0.3) is 11.6 Å². The van der Waals surface area contributed by atoms with Crippen molar-refractivity contribution in [3.63, 3.8) is 0 Å². The highest BCUT2D eigenvalue weighted by molar-refractivity contribution is 6.04. The lowest BCUT2D eigenvalue weighted by molar-refractivity contribution is -0.384. The second kappa shape index (κ2) is 11.4. The predicted molar refractivity (Wildman–Crippen MR) is 145 cm³/mol. The molecule has 0 radical (unpaired) electrons. The summed E-state index contributed by atoms with van der Waals surface area (Å²) in [7, 11) is 1.57. The lowest BCUT2D eigenvalue weighted by Crippen LogP contribution is -2.12. The number of nitro groups is 1. The highest BCUT2D eigenvalue weighted by Gasteiger charge is 2.17. The van der Waals surface area contributed by atoms with Gasteiger partial charge in [-0.25, -0.2) is 9.07 Å². The Morgan fingerprint density at radius 3 is 2.48 bits per heavy atom. The number of rotatable bonds is 9. The molecule has 1 N–H and O–H groups in total. The maximum atomic E-state index is 13.3. The lowest BCUT2D eigenvalue weighted by atomic mass is 10.2. The molecule has 0 aliphatic rings. The third-order valence-corrected chi connectivity index (χ3v) is 5.89. The van der Waals surface area contributed by atoms with E-state index in [1.165, 1.54) is 36.4 Å². The molecule has 5 aromatic rings. The first kappa shape index (κ1) is 26.0. The number of methoxy groups -OCH3 is 1. The number of nitro benzene ring substituents is 1. The molecule has 1 heterocycles. The minimum atomic E-state index is -0.527. The van der Waals surface area contributed by atoms with E-state index in [0.717, 1.165) is 5.56 Å². The molecule has 0 unspecified atom stereocenters. The molecule has 0 bridgehead atoms. The van der Waals surface area contributed by atoms with Crippen LogP contribution in [0.25, 0.3) is 17.1 Å². The predicted octanol–water partition coefficient (Wildman–Crippen LogP) is 5.82. The highest BCUT2D eigenvalue weighted by atomic mass is 19.1. The fraction of sp³-hybridized carbons (Fsp3) is 0.0690. The van der Waals surface area contributed by atoms with Crippen LogP contribution in [0.3, 0.4) is 0 Å². The average Bonchev–Trinajstić information content (AvgIpc) is 3.41. The van der Waals surface area contributed by atoms with Gasteiger partial charge in [0.05, 0.1) is 17.7 Å². The largest absolute Gasteiger partial charge is 0.497 e. The minimum Gasteiger partial charge on any atom is -0.497 e. The molecule has 0 spiro atoms. The molecule has 0 atom stereocenters. The number of nitrogens with one attached hydrogen (secondary N) is 1. The zero-order valence-electron chi connectivity index (χ0n) is 21.2. The van der Waals surface area contributed by atoms with Gasteiger partial charge in [0.1, 0.15) is 18.2 Å². The van der Waals surface area contributed by atoms with E-state index in [-0.39, 0.29) is 29.7 Å². The fourth-order valence-electron chi connectivity index (χ4n) is 3.87. The van der Waals surface area contributed by atoms with Gasteiger partial charge in [-0.2, -0.15) is 4.98 Å². The highest BCUT2D eigenvalue weighted by Crippen LogP contribution is 2.28. The summed E-state index contributed by atoms with van der Waals surface area (Å²) in [6.07, 6.45) is 0. The smallest absolute Gasteiger partial charge is 0.336 e. The first-order valence-corrected chi connectivity index (χ1v) is 12.0. The first-order valence-electron chi connectivity index (χ1n) is 12.0. The lowest BCUT2D eigenvalue weighted by Gasteiger charge is -2.10. The van der Waals surface area contributed by atoms with Crippen molar-refractivity contribution in [3.05, 3.63) is 124 Å². The van der Waals surface area contributed by atoms with Crippen molar-refractivity contribution in [1.29, 1.82) is 0 Å². The van der Waals surface area contributed by atoms with Crippen molar-refractivity contribution in [2.75, 3.05) is 12.4 Å². The maximum Gasteiger partial charge on any atom is 0.336 e. The van der Waals surface area contributed by atoms with Gasteiger partial charge in [0.2, 0.25) is 0 Å². The third-order valence-electron chi connectivity index (χ3n) is 5.89. The van der Waals surface area contributed by atoms with Gasteiger partial charge in [-0.05, 0) is 60.2 Å². The molecule has 5 rings (SSSR count). The van der Waals surface area contributed by atoms with E-state index in [9.17, 15) is 19.3 Å². The Kier molecular flexibility index (Phi) is 7.45. The Morgan fingerprint density at radius 1 is 1.00 bits per heavy atom. The topological polar surface area (TPSA) is 121 Å². The number of carbonyl (C=O) groups is 1. The molecule has 0 aliphatic carbocycles. The SMILES string of the molecule is COc1cccc(-c2nc(OCc3ccc(F)cc3)nn2-c2cccc(NC(=O)c3ccc([N+](=O)[O-])cc3)c2)c1. The van der Waals surface area contributed by atoms with Gasteiger partial charge in [-0.1, -0.05) is 30.3 Å². The molecule has 200 valence electrons. The van der Waals surface area contributed by atoms with Crippen molar-refractivity contribution >= 4 is 17.3 Å². The van der Waals surface area contributed by atoms with Gasteiger partial charge in [-0.15, -0.1) is 5.10 Å². The Morgan fingerprint density at radius 2 is 1.75 bits per heavy atom. The number of amides is 1. The van der Waals surface area contributed by atoms with Crippen molar-refractivity contribution in [2.45, 2.75) is 6.61 Å². The molecule has 1 aromatic heterocycles. The van der Waals surface area contributed by atoms with Crippen molar-refractivity contribution in [2.24, 2.45) is 0 Å². The molecule has 11 heteroatoms. The number of halogens is 1. The summed E-state index contributed by atoms with van der Waals surface area (Å²) in [5.41, 5.74) is 2.68. The summed E-state index contributed by atoms with van der Waals surface area (Å²) in [4.78, 5) is 27.7. The van der Waals surface area contributed by atoms with Crippen LogP contribution in [0.15, 0.2) is 97.1 Å². The minimum absolute atomic E-state index is 0.0995. The maximum absolute atomic E-state index is 13.3. The van der Waals surface area contributed by atoms with Crippen LogP contribution < -0.4 is 14.8 Å². The van der Waals surface area contributed by atoms with Gasteiger partial charge in [0.15, 0.2) is 5.82 Å². The normalized spacial score (nSPS) is 10.7. The number of benzene rings is 4. The number of carbonyl (C=O) groups excluding carboxylic acids is 1. The van der Waals surface area contributed by atoms with E-state index in [1.807, 2.05) is 24.3 Å². The molecule has 0 saturated heterocycles. The van der Waals surface area contributed by atoms with Gasteiger partial charge >= 0.3 is 6.01 Å². The standard InChI is InChI=1S/C29H22FN5O5/c1-39-26-7-2-4-21(16-26)27-32-29(40-18-19-8-12-22(30)13-9-19)33-34(27)25-6-3-5-23(17-25)31-28(36)20-10-14-24(15-11-20)35(37)38/h2-17H,18H2,1H3,(H,31,36). The third kappa shape index (κ3) is 5.94. The zero-order valence-corrected chi connectivity index (χ0v) is 21.2. The summed E-state index contributed by atoms with van der Waals surface area (Å²) in [6, 6.07) is 25.6. The van der Waals surface area contributed by atoms with Gasteiger partial charge < -0.3 is 14.8 Å². The molecule has 0 fully saturated rings. The Bertz CT molecular complexity index is 1670. The number of nitrogens with zero attached hydrogens (tertiary/aromatic N) is 4. The summed E-state index contributed by atoms with van der Waals surface area (Å²) >= 11 is 0.